The van der Waals surface area contributed by atoms with E-state index >= 15 is 0 Å². The minimum Gasteiger partial charge on any atom is -0.477 e. The Labute approximate surface area is 193 Å². The lowest BCUT2D eigenvalue weighted by Crippen LogP contribution is -2.15. The van der Waals surface area contributed by atoms with Crippen LogP contribution in [0, 0.1) is 6.92 Å². The Morgan fingerprint density at radius 2 is 2.06 bits per heavy atom. The van der Waals surface area contributed by atoms with Crippen LogP contribution in [0.1, 0.15) is 26.5 Å². The number of sulfonamides is 1. The first-order valence-electron chi connectivity index (χ1n) is 9.08. The third-order valence-electron chi connectivity index (χ3n) is 4.17. The minimum atomic E-state index is -3.84. The molecule has 0 fully saturated rings. The van der Waals surface area contributed by atoms with Gasteiger partial charge in [-0.15, -0.1) is 6.58 Å². The molecular formula is C19H19ClN6O4S2. The summed E-state index contributed by atoms with van der Waals surface area (Å²) in [7, 11) is -3.84. The number of carboxylic acids is 1. The number of nitrogens with zero attached hydrogens (tertiary/aromatic N) is 3. The predicted octanol–water partition coefficient (Wildman–Crippen LogP) is 3.32. The van der Waals surface area contributed by atoms with Crippen molar-refractivity contribution in [3.63, 3.8) is 0 Å². The molecule has 0 aliphatic carbocycles. The lowest BCUT2D eigenvalue weighted by Gasteiger charge is -2.11. The molecule has 168 valence electrons. The Morgan fingerprint density at radius 1 is 1.31 bits per heavy atom. The van der Waals surface area contributed by atoms with Crippen molar-refractivity contribution in [1.29, 1.82) is 0 Å². The zero-order valence-corrected chi connectivity index (χ0v) is 19.2. The van der Waals surface area contributed by atoms with Gasteiger partial charge in [-0.05, 0) is 30.5 Å². The molecule has 0 bridgehead atoms. The fourth-order valence-corrected chi connectivity index (χ4v) is 4.58. The molecule has 2 heterocycles. The van der Waals surface area contributed by atoms with E-state index in [1.54, 1.807) is 25.1 Å². The van der Waals surface area contributed by atoms with Crippen molar-refractivity contribution in [2.45, 2.75) is 24.8 Å². The van der Waals surface area contributed by atoms with Gasteiger partial charge in [-0.25, -0.2) is 28.3 Å². The van der Waals surface area contributed by atoms with Crippen LogP contribution in [0.25, 0.3) is 0 Å². The van der Waals surface area contributed by atoms with Gasteiger partial charge in [0, 0.05) is 12.6 Å². The van der Waals surface area contributed by atoms with Crippen LogP contribution in [0.3, 0.4) is 0 Å². The Bertz CT molecular complexity index is 1290. The number of carboxylic acid groups (broad SMARTS) is 1. The number of carbonyl (C=O) groups is 1. The molecule has 2 aromatic heterocycles. The lowest BCUT2D eigenvalue weighted by molar-refractivity contribution is 0.0701. The van der Waals surface area contributed by atoms with E-state index in [2.05, 4.69) is 32.2 Å². The second kappa shape index (κ2) is 9.61. The van der Waals surface area contributed by atoms with E-state index in [0.29, 0.717) is 35.2 Å². The number of anilines is 3. The van der Waals surface area contributed by atoms with Gasteiger partial charge in [0.25, 0.3) is 0 Å². The molecule has 0 aliphatic heterocycles. The number of hydrogen-bond donors (Lipinski definition) is 4. The first kappa shape index (κ1) is 23.6. The lowest BCUT2D eigenvalue weighted by atomic mass is 10.1. The maximum atomic E-state index is 11.8. The van der Waals surface area contributed by atoms with Gasteiger partial charge in [0.15, 0.2) is 5.13 Å². The molecule has 3 aromatic rings. The molecule has 5 N–H and O–H groups in total. The van der Waals surface area contributed by atoms with Crippen molar-refractivity contribution in [3.8, 4) is 0 Å². The van der Waals surface area contributed by atoms with E-state index in [4.69, 9.17) is 21.8 Å². The summed E-state index contributed by atoms with van der Waals surface area (Å²) in [6, 6.07) is 6.34. The maximum absolute atomic E-state index is 11.8. The molecule has 0 atom stereocenters. The maximum Gasteiger partial charge on any atom is 0.347 e. The molecule has 0 radical (unpaired) electrons. The SMILES string of the molecule is C=CCc1cc(CNc2cc(Cl)nc(Nc3nc(C)c(C(=O)O)s3)n2)ccc1S(N)(=O)=O. The highest BCUT2D eigenvalue weighted by Crippen LogP contribution is 2.26. The van der Waals surface area contributed by atoms with Crippen molar-refractivity contribution >= 4 is 55.8 Å². The van der Waals surface area contributed by atoms with Gasteiger partial charge in [0.05, 0.1) is 10.6 Å². The second-order valence-corrected chi connectivity index (χ2v) is 9.51. The fraction of sp³-hybridized carbons (Fsp3) is 0.158. The predicted molar refractivity (Wildman–Crippen MR) is 123 cm³/mol. The largest absolute Gasteiger partial charge is 0.477 e. The van der Waals surface area contributed by atoms with Crippen LogP contribution in [0.4, 0.5) is 16.9 Å². The summed E-state index contributed by atoms with van der Waals surface area (Å²) in [6.45, 7) is 5.56. The Balaban J connectivity index is 1.78. The highest BCUT2D eigenvalue weighted by molar-refractivity contribution is 7.89. The summed E-state index contributed by atoms with van der Waals surface area (Å²) in [5.41, 5.74) is 1.71. The van der Waals surface area contributed by atoms with E-state index in [0.717, 1.165) is 16.9 Å². The van der Waals surface area contributed by atoms with E-state index in [1.807, 2.05) is 0 Å². The van der Waals surface area contributed by atoms with Crippen LogP contribution >= 0.6 is 22.9 Å². The number of rotatable bonds is 9. The number of halogens is 1. The molecule has 0 spiro atoms. The number of benzene rings is 1. The smallest absolute Gasteiger partial charge is 0.347 e. The quantitative estimate of drug-likeness (QED) is 0.258. The van der Waals surface area contributed by atoms with Crippen LogP contribution in [-0.2, 0) is 23.0 Å². The van der Waals surface area contributed by atoms with Gasteiger partial charge in [-0.1, -0.05) is 41.1 Å². The normalized spacial score (nSPS) is 11.2. The number of allylic oxidation sites excluding steroid dienone is 1. The second-order valence-electron chi connectivity index (χ2n) is 6.60. The first-order valence-corrected chi connectivity index (χ1v) is 11.8. The number of nitrogens with one attached hydrogen (secondary N) is 2. The molecule has 0 aliphatic rings. The van der Waals surface area contributed by atoms with Gasteiger partial charge in [0.1, 0.15) is 15.8 Å². The molecule has 32 heavy (non-hydrogen) atoms. The summed E-state index contributed by atoms with van der Waals surface area (Å²) < 4.78 is 23.5. The van der Waals surface area contributed by atoms with Crippen LogP contribution in [-0.4, -0.2) is 34.4 Å². The van der Waals surface area contributed by atoms with E-state index < -0.39 is 16.0 Å². The van der Waals surface area contributed by atoms with Crippen LogP contribution < -0.4 is 15.8 Å². The molecule has 3 rings (SSSR count). The Kier molecular flexibility index (Phi) is 7.09. The summed E-state index contributed by atoms with van der Waals surface area (Å²) >= 11 is 7.05. The molecule has 0 saturated heterocycles. The van der Waals surface area contributed by atoms with Gasteiger partial charge in [-0.3, -0.25) is 5.32 Å². The van der Waals surface area contributed by atoms with Crippen LogP contribution in [0.2, 0.25) is 5.15 Å². The van der Waals surface area contributed by atoms with E-state index in [9.17, 15) is 13.2 Å². The summed E-state index contributed by atoms with van der Waals surface area (Å²) in [4.78, 5) is 23.9. The standard InChI is InChI=1S/C19H19ClN6O4S2/c1-3-4-12-7-11(5-6-13(12)32(21,29)30)9-22-15-8-14(20)24-18(25-15)26-19-23-10(2)16(31-19)17(27)28/h3,5-8H,1,4,9H2,2H3,(H,27,28)(H2,21,29,30)(H2,22,23,24,25,26). The van der Waals surface area contributed by atoms with Crippen molar-refractivity contribution in [2.75, 3.05) is 10.6 Å². The minimum absolute atomic E-state index is 0.0530. The third kappa shape index (κ3) is 5.79. The highest BCUT2D eigenvalue weighted by Gasteiger charge is 2.16. The third-order valence-corrected chi connectivity index (χ3v) is 6.44. The van der Waals surface area contributed by atoms with E-state index in [1.165, 1.54) is 12.1 Å². The first-order chi connectivity index (χ1) is 15.1. The molecule has 0 amide bonds. The number of primary sulfonamides is 1. The van der Waals surface area contributed by atoms with Crippen molar-refractivity contribution in [2.24, 2.45) is 5.14 Å². The van der Waals surface area contributed by atoms with Crippen LogP contribution in [0.5, 0.6) is 0 Å². The van der Waals surface area contributed by atoms with Gasteiger partial charge < -0.3 is 10.4 Å². The van der Waals surface area contributed by atoms with Gasteiger partial charge in [-0.2, -0.15) is 4.98 Å². The fourth-order valence-electron chi connectivity index (χ4n) is 2.84. The zero-order chi connectivity index (χ0) is 23.5. The number of hydrogen-bond acceptors (Lipinski definition) is 9. The number of aromatic carboxylic acids is 1. The molecule has 10 nitrogen and oxygen atoms in total. The summed E-state index contributed by atoms with van der Waals surface area (Å²) in [5, 5.41) is 20.9. The number of nitrogens with two attached hydrogens (primary N) is 1. The highest BCUT2D eigenvalue weighted by atomic mass is 35.5. The molecule has 0 saturated carbocycles. The van der Waals surface area contributed by atoms with Gasteiger partial charge >= 0.3 is 5.97 Å². The average molecular weight is 495 g/mol. The average Bonchev–Trinajstić information content (AvgIpc) is 3.06. The van der Waals surface area contributed by atoms with Crippen molar-refractivity contribution < 1.29 is 18.3 Å². The van der Waals surface area contributed by atoms with Crippen LogP contribution in [0.15, 0.2) is 41.8 Å². The van der Waals surface area contributed by atoms with Crippen molar-refractivity contribution in [1.82, 2.24) is 15.0 Å². The van der Waals surface area contributed by atoms with Crippen molar-refractivity contribution in [3.05, 3.63) is 63.8 Å². The summed E-state index contributed by atoms with van der Waals surface area (Å²) in [6.07, 6.45) is 1.94. The number of aryl methyl sites for hydroxylation is 1. The van der Waals surface area contributed by atoms with Gasteiger partial charge in [0.2, 0.25) is 16.0 Å². The number of thiazole rings is 1. The molecule has 13 heteroatoms. The van der Waals surface area contributed by atoms with E-state index in [-0.39, 0.29) is 20.9 Å². The molecular weight excluding hydrogens is 476 g/mol. The Hall–Kier alpha value is -3.06. The molecule has 0 unspecified atom stereocenters. The zero-order valence-electron chi connectivity index (χ0n) is 16.8. The summed E-state index contributed by atoms with van der Waals surface area (Å²) in [5.74, 6) is -0.519. The Morgan fingerprint density at radius 3 is 2.69 bits per heavy atom. The monoisotopic (exact) mass is 494 g/mol. The topological polar surface area (TPSA) is 160 Å². The molecule has 1 aromatic carbocycles. The number of aromatic nitrogens is 3.